The number of likely N-dealkylation sites (N-methyl/N-ethyl adjacent to an activating group) is 1. The van der Waals surface area contributed by atoms with E-state index >= 15 is 0 Å². The SMILES string of the molecule is CCC(C)N(C)C(CN)c1cccc(OC(F)(F)F)c1. The van der Waals surface area contributed by atoms with Gasteiger partial charge in [-0.15, -0.1) is 13.2 Å². The van der Waals surface area contributed by atoms with Crippen LogP contribution in [0.1, 0.15) is 31.9 Å². The summed E-state index contributed by atoms with van der Waals surface area (Å²) in [7, 11) is 1.92. The van der Waals surface area contributed by atoms with Crippen LogP contribution in [0.3, 0.4) is 0 Å². The Morgan fingerprint density at radius 1 is 1.35 bits per heavy atom. The highest BCUT2D eigenvalue weighted by Gasteiger charge is 2.31. The summed E-state index contributed by atoms with van der Waals surface area (Å²) in [6.07, 6.45) is -3.74. The standard InChI is InChI=1S/C14H21F3N2O/c1-4-10(2)19(3)13(9-18)11-6-5-7-12(8-11)20-14(15,16)17/h5-8,10,13H,4,9,18H2,1-3H3. The van der Waals surface area contributed by atoms with E-state index in [0.717, 1.165) is 12.0 Å². The molecule has 0 aromatic heterocycles. The zero-order chi connectivity index (χ0) is 15.3. The molecule has 0 aliphatic rings. The predicted molar refractivity (Wildman–Crippen MR) is 72.4 cm³/mol. The lowest BCUT2D eigenvalue weighted by atomic mass is 10.0. The van der Waals surface area contributed by atoms with Gasteiger partial charge in [-0.3, -0.25) is 4.90 Å². The Morgan fingerprint density at radius 2 is 2.00 bits per heavy atom. The van der Waals surface area contributed by atoms with Gasteiger partial charge in [0.25, 0.3) is 0 Å². The molecular formula is C14H21F3N2O. The van der Waals surface area contributed by atoms with Crippen molar-refractivity contribution in [3.05, 3.63) is 29.8 Å². The molecule has 0 amide bonds. The summed E-state index contributed by atoms with van der Waals surface area (Å²) >= 11 is 0. The van der Waals surface area contributed by atoms with Crippen LogP contribution in [0.5, 0.6) is 5.75 Å². The molecule has 3 nitrogen and oxygen atoms in total. The largest absolute Gasteiger partial charge is 0.573 e. The topological polar surface area (TPSA) is 38.5 Å². The van der Waals surface area contributed by atoms with Crippen LogP contribution in [0.4, 0.5) is 13.2 Å². The number of nitrogens with two attached hydrogens (primary N) is 1. The predicted octanol–water partition coefficient (Wildman–Crippen LogP) is 3.32. The third-order valence-electron chi connectivity index (χ3n) is 3.48. The van der Waals surface area contributed by atoms with Gasteiger partial charge in [-0.25, -0.2) is 0 Å². The van der Waals surface area contributed by atoms with Gasteiger partial charge in [-0.05, 0) is 38.1 Å². The minimum absolute atomic E-state index is 0.137. The first-order valence-corrected chi connectivity index (χ1v) is 6.56. The molecule has 0 spiro atoms. The lowest BCUT2D eigenvalue weighted by molar-refractivity contribution is -0.274. The number of halogens is 3. The highest BCUT2D eigenvalue weighted by molar-refractivity contribution is 5.31. The monoisotopic (exact) mass is 290 g/mol. The molecule has 0 fully saturated rings. The van der Waals surface area contributed by atoms with Crippen molar-refractivity contribution in [3.8, 4) is 5.75 Å². The van der Waals surface area contributed by atoms with E-state index < -0.39 is 6.36 Å². The Balaban J connectivity index is 2.96. The maximum atomic E-state index is 12.2. The van der Waals surface area contributed by atoms with E-state index in [2.05, 4.69) is 23.5 Å². The number of rotatable bonds is 6. The van der Waals surface area contributed by atoms with Crippen LogP contribution >= 0.6 is 0 Å². The average molecular weight is 290 g/mol. The number of ether oxygens (including phenoxy) is 1. The molecular weight excluding hydrogens is 269 g/mol. The lowest BCUT2D eigenvalue weighted by Gasteiger charge is -2.32. The second-order valence-corrected chi connectivity index (χ2v) is 4.79. The zero-order valence-corrected chi connectivity index (χ0v) is 11.9. The van der Waals surface area contributed by atoms with Crippen LogP contribution in [0.25, 0.3) is 0 Å². The number of nitrogens with zero attached hydrogens (tertiary/aromatic N) is 1. The molecule has 1 aromatic carbocycles. The van der Waals surface area contributed by atoms with Gasteiger partial charge in [0.2, 0.25) is 0 Å². The average Bonchev–Trinajstić information content (AvgIpc) is 2.37. The molecule has 2 unspecified atom stereocenters. The van der Waals surface area contributed by atoms with E-state index in [0.29, 0.717) is 6.54 Å². The zero-order valence-electron chi connectivity index (χ0n) is 11.9. The van der Waals surface area contributed by atoms with Crippen LogP contribution in [0.2, 0.25) is 0 Å². The van der Waals surface area contributed by atoms with Crippen LogP contribution in [0, 0.1) is 0 Å². The highest BCUT2D eigenvalue weighted by Crippen LogP contribution is 2.28. The van der Waals surface area contributed by atoms with Gasteiger partial charge in [0.05, 0.1) is 0 Å². The fraction of sp³-hybridized carbons (Fsp3) is 0.571. The lowest BCUT2D eigenvalue weighted by Crippen LogP contribution is -2.36. The van der Waals surface area contributed by atoms with Crippen molar-refractivity contribution in [3.63, 3.8) is 0 Å². The first-order chi connectivity index (χ1) is 9.28. The molecule has 0 saturated heterocycles. The molecule has 1 rings (SSSR count). The summed E-state index contributed by atoms with van der Waals surface area (Å²) in [4.78, 5) is 2.06. The van der Waals surface area contributed by atoms with Crippen LogP contribution in [-0.4, -0.2) is 30.9 Å². The minimum atomic E-state index is -4.68. The molecule has 0 saturated carbocycles. The Labute approximate surface area is 117 Å². The molecule has 2 N–H and O–H groups in total. The molecule has 0 aliphatic carbocycles. The molecule has 2 atom stereocenters. The molecule has 0 radical (unpaired) electrons. The molecule has 6 heteroatoms. The smallest absolute Gasteiger partial charge is 0.406 e. The second kappa shape index (κ2) is 6.95. The Bertz CT molecular complexity index is 423. The fourth-order valence-electron chi connectivity index (χ4n) is 2.05. The van der Waals surface area contributed by atoms with Crippen molar-refractivity contribution in [1.82, 2.24) is 4.90 Å². The summed E-state index contributed by atoms with van der Waals surface area (Å²) < 4.78 is 40.7. The number of benzene rings is 1. The Morgan fingerprint density at radius 3 is 2.50 bits per heavy atom. The third kappa shape index (κ3) is 4.68. The van der Waals surface area contributed by atoms with Gasteiger partial charge in [0, 0.05) is 18.6 Å². The van der Waals surface area contributed by atoms with E-state index in [1.165, 1.54) is 12.1 Å². The summed E-state index contributed by atoms with van der Waals surface area (Å²) in [5.41, 5.74) is 6.49. The van der Waals surface area contributed by atoms with E-state index in [9.17, 15) is 13.2 Å². The maximum Gasteiger partial charge on any atom is 0.573 e. The van der Waals surface area contributed by atoms with Gasteiger partial charge in [0.15, 0.2) is 0 Å². The quantitative estimate of drug-likeness (QED) is 0.873. The molecule has 20 heavy (non-hydrogen) atoms. The summed E-state index contributed by atoms with van der Waals surface area (Å²) in [5, 5.41) is 0. The summed E-state index contributed by atoms with van der Waals surface area (Å²) in [5.74, 6) is -0.217. The van der Waals surface area contributed by atoms with Gasteiger partial charge in [-0.2, -0.15) is 0 Å². The van der Waals surface area contributed by atoms with Crippen molar-refractivity contribution in [2.75, 3.05) is 13.6 Å². The molecule has 1 aromatic rings. The van der Waals surface area contributed by atoms with Crippen molar-refractivity contribution >= 4 is 0 Å². The van der Waals surface area contributed by atoms with Crippen LogP contribution < -0.4 is 10.5 Å². The maximum absolute atomic E-state index is 12.2. The summed E-state index contributed by atoms with van der Waals surface area (Å²) in [6, 6.07) is 6.14. The number of hydrogen-bond acceptors (Lipinski definition) is 3. The van der Waals surface area contributed by atoms with E-state index in [1.54, 1.807) is 12.1 Å². The first-order valence-electron chi connectivity index (χ1n) is 6.56. The molecule has 0 bridgehead atoms. The van der Waals surface area contributed by atoms with Gasteiger partial charge >= 0.3 is 6.36 Å². The fourth-order valence-corrected chi connectivity index (χ4v) is 2.05. The molecule has 0 heterocycles. The van der Waals surface area contributed by atoms with Gasteiger partial charge in [-0.1, -0.05) is 19.1 Å². The van der Waals surface area contributed by atoms with Crippen molar-refractivity contribution in [2.24, 2.45) is 5.73 Å². The molecule has 0 aliphatic heterocycles. The van der Waals surface area contributed by atoms with Crippen LogP contribution in [-0.2, 0) is 0 Å². The van der Waals surface area contributed by atoms with Crippen molar-refractivity contribution < 1.29 is 17.9 Å². The van der Waals surface area contributed by atoms with Crippen LogP contribution in [0.15, 0.2) is 24.3 Å². The minimum Gasteiger partial charge on any atom is -0.406 e. The molecule has 114 valence electrons. The number of alkyl halides is 3. The second-order valence-electron chi connectivity index (χ2n) is 4.79. The van der Waals surface area contributed by atoms with E-state index in [1.807, 2.05) is 7.05 Å². The summed E-state index contributed by atoms with van der Waals surface area (Å²) in [6.45, 7) is 4.44. The highest BCUT2D eigenvalue weighted by atomic mass is 19.4. The van der Waals surface area contributed by atoms with E-state index in [-0.39, 0.29) is 17.8 Å². The number of hydrogen-bond donors (Lipinski definition) is 1. The Kier molecular flexibility index (Phi) is 5.83. The van der Waals surface area contributed by atoms with Gasteiger partial charge in [0.1, 0.15) is 5.75 Å². The van der Waals surface area contributed by atoms with E-state index in [4.69, 9.17) is 5.73 Å². The third-order valence-corrected chi connectivity index (χ3v) is 3.48. The van der Waals surface area contributed by atoms with Crippen molar-refractivity contribution in [2.45, 2.75) is 38.7 Å². The van der Waals surface area contributed by atoms with Crippen molar-refractivity contribution in [1.29, 1.82) is 0 Å². The first kappa shape index (κ1) is 16.8. The normalized spacial score (nSPS) is 15.2. The van der Waals surface area contributed by atoms with Gasteiger partial charge < -0.3 is 10.5 Å². The Hall–Kier alpha value is -1.27.